The lowest BCUT2D eigenvalue weighted by Gasteiger charge is -2.22. The molecule has 0 bridgehead atoms. The molecule has 0 spiro atoms. The SMILES string of the molecule is O=C(NCc1ccc(F)cc1)C(=O)NC[C@@H]1OCCN1C(=O)c1cccs1. The van der Waals surface area contributed by atoms with E-state index in [0.717, 1.165) is 0 Å². The van der Waals surface area contributed by atoms with Gasteiger partial charge in [0.1, 0.15) is 12.0 Å². The lowest BCUT2D eigenvalue weighted by Crippen LogP contribution is -2.47. The number of halogens is 1. The third-order valence-electron chi connectivity index (χ3n) is 3.99. The van der Waals surface area contributed by atoms with Crippen LogP contribution in [0.2, 0.25) is 0 Å². The van der Waals surface area contributed by atoms with Gasteiger partial charge in [-0.05, 0) is 29.1 Å². The molecule has 0 saturated carbocycles. The highest BCUT2D eigenvalue weighted by molar-refractivity contribution is 7.12. The summed E-state index contributed by atoms with van der Waals surface area (Å²) in [6, 6.07) is 9.11. The van der Waals surface area contributed by atoms with Gasteiger partial charge in [0.2, 0.25) is 0 Å². The number of thiophene rings is 1. The Labute approximate surface area is 159 Å². The van der Waals surface area contributed by atoms with Gasteiger partial charge in [-0.1, -0.05) is 18.2 Å². The molecule has 2 heterocycles. The van der Waals surface area contributed by atoms with Crippen LogP contribution in [0.5, 0.6) is 0 Å². The summed E-state index contributed by atoms with van der Waals surface area (Å²) in [7, 11) is 0. The fourth-order valence-electron chi connectivity index (χ4n) is 2.59. The molecule has 0 unspecified atom stereocenters. The minimum Gasteiger partial charge on any atom is -0.355 e. The lowest BCUT2D eigenvalue weighted by molar-refractivity contribution is -0.139. The predicted molar refractivity (Wildman–Crippen MR) is 96.4 cm³/mol. The summed E-state index contributed by atoms with van der Waals surface area (Å²) in [5.41, 5.74) is 0.671. The van der Waals surface area contributed by atoms with Crippen molar-refractivity contribution in [2.75, 3.05) is 19.7 Å². The van der Waals surface area contributed by atoms with Gasteiger partial charge in [-0.2, -0.15) is 0 Å². The molecule has 1 fully saturated rings. The number of hydrogen-bond donors (Lipinski definition) is 2. The van der Waals surface area contributed by atoms with Crippen molar-refractivity contribution in [3.05, 3.63) is 58.0 Å². The van der Waals surface area contributed by atoms with Crippen LogP contribution in [0.15, 0.2) is 41.8 Å². The molecule has 142 valence electrons. The Morgan fingerprint density at radius 3 is 2.59 bits per heavy atom. The number of rotatable bonds is 5. The van der Waals surface area contributed by atoms with E-state index < -0.39 is 18.0 Å². The first-order valence-electron chi connectivity index (χ1n) is 8.31. The Morgan fingerprint density at radius 1 is 1.15 bits per heavy atom. The van der Waals surface area contributed by atoms with Crippen LogP contribution in [0.1, 0.15) is 15.2 Å². The second kappa shape index (κ2) is 8.74. The number of carbonyl (C=O) groups is 3. The van der Waals surface area contributed by atoms with Gasteiger partial charge >= 0.3 is 11.8 Å². The molecule has 1 aromatic heterocycles. The fraction of sp³-hybridized carbons (Fsp3) is 0.278. The van der Waals surface area contributed by atoms with Crippen LogP contribution in [0, 0.1) is 5.82 Å². The van der Waals surface area contributed by atoms with Gasteiger partial charge in [0.05, 0.1) is 18.0 Å². The summed E-state index contributed by atoms with van der Waals surface area (Å²) in [6.07, 6.45) is -0.617. The highest BCUT2D eigenvalue weighted by Crippen LogP contribution is 2.17. The summed E-state index contributed by atoms with van der Waals surface area (Å²) in [4.78, 5) is 38.4. The van der Waals surface area contributed by atoms with Crippen LogP contribution in [0.3, 0.4) is 0 Å². The van der Waals surface area contributed by atoms with Gasteiger partial charge in [-0.25, -0.2) is 4.39 Å². The molecule has 2 aromatic rings. The first-order valence-corrected chi connectivity index (χ1v) is 9.19. The molecule has 3 rings (SSSR count). The maximum atomic E-state index is 12.8. The maximum Gasteiger partial charge on any atom is 0.309 e. The Morgan fingerprint density at radius 2 is 1.89 bits per heavy atom. The third-order valence-corrected chi connectivity index (χ3v) is 4.85. The van der Waals surface area contributed by atoms with Crippen molar-refractivity contribution < 1.29 is 23.5 Å². The molecular formula is C18H18FN3O4S. The van der Waals surface area contributed by atoms with Gasteiger partial charge in [0.25, 0.3) is 5.91 Å². The van der Waals surface area contributed by atoms with Crippen molar-refractivity contribution in [3.63, 3.8) is 0 Å². The molecule has 0 radical (unpaired) electrons. The first-order chi connectivity index (χ1) is 13.0. The Kier molecular flexibility index (Phi) is 6.15. The van der Waals surface area contributed by atoms with E-state index in [0.29, 0.717) is 23.6 Å². The number of amides is 3. The Balaban J connectivity index is 1.46. The summed E-state index contributed by atoms with van der Waals surface area (Å²) >= 11 is 1.33. The fourth-order valence-corrected chi connectivity index (χ4v) is 3.27. The molecule has 3 amide bonds. The average Bonchev–Trinajstić information content (AvgIpc) is 3.36. The standard InChI is InChI=1S/C18H18FN3O4S/c19-13-5-3-12(4-6-13)10-20-16(23)17(24)21-11-15-22(7-8-26-15)18(25)14-2-1-9-27-14/h1-6,9,15H,7-8,10-11H2,(H,20,23)(H,21,24)/t15-/m0/s1. The number of carbonyl (C=O) groups excluding carboxylic acids is 3. The van der Waals surface area contributed by atoms with Crippen LogP contribution >= 0.6 is 11.3 Å². The van der Waals surface area contributed by atoms with Crippen LogP contribution in [-0.4, -0.2) is 48.5 Å². The number of nitrogens with one attached hydrogen (secondary N) is 2. The highest BCUT2D eigenvalue weighted by atomic mass is 32.1. The molecule has 1 aromatic carbocycles. The summed E-state index contributed by atoms with van der Waals surface area (Å²) in [5, 5.41) is 6.74. The van der Waals surface area contributed by atoms with Crippen molar-refractivity contribution in [3.8, 4) is 0 Å². The number of nitrogens with zero attached hydrogens (tertiary/aromatic N) is 1. The van der Waals surface area contributed by atoms with Crippen molar-refractivity contribution in [2.45, 2.75) is 12.8 Å². The zero-order valence-electron chi connectivity index (χ0n) is 14.3. The second-order valence-electron chi connectivity index (χ2n) is 5.82. The molecule has 1 aliphatic heterocycles. The van der Waals surface area contributed by atoms with Crippen LogP contribution in [0.4, 0.5) is 4.39 Å². The molecule has 1 saturated heterocycles. The highest BCUT2D eigenvalue weighted by Gasteiger charge is 2.31. The van der Waals surface area contributed by atoms with Gasteiger partial charge in [-0.15, -0.1) is 11.3 Å². The quantitative estimate of drug-likeness (QED) is 0.748. The first kappa shape index (κ1) is 19.0. The third kappa shape index (κ3) is 4.89. The summed E-state index contributed by atoms with van der Waals surface area (Å²) in [6.45, 7) is 0.915. The van der Waals surface area contributed by atoms with E-state index in [2.05, 4.69) is 10.6 Å². The van der Waals surface area contributed by atoms with E-state index in [1.165, 1.54) is 40.5 Å². The smallest absolute Gasteiger partial charge is 0.309 e. The van der Waals surface area contributed by atoms with Crippen molar-refractivity contribution >= 4 is 29.1 Å². The molecule has 27 heavy (non-hydrogen) atoms. The summed E-state index contributed by atoms with van der Waals surface area (Å²) < 4.78 is 18.3. The minimum absolute atomic E-state index is 0.0138. The van der Waals surface area contributed by atoms with Gasteiger partial charge in [-0.3, -0.25) is 14.4 Å². The molecule has 0 aliphatic carbocycles. The van der Waals surface area contributed by atoms with Crippen molar-refractivity contribution in [2.24, 2.45) is 0 Å². The maximum absolute atomic E-state index is 12.8. The molecule has 9 heteroatoms. The topological polar surface area (TPSA) is 87.7 Å². The Hall–Kier alpha value is -2.78. The van der Waals surface area contributed by atoms with Crippen LogP contribution in [0.25, 0.3) is 0 Å². The minimum atomic E-state index is -0.823. The van der Waals surface area contributed by atoms with Crippen molar-refractivity contribution in [1.82, 2.24) is 15.5 Å². The van der Waals surface area contributed by atoms with E-state index in [1.54, 1.807) is 12.1 Å². The van der Waals surface area contributed by atoms with E-state index in [4.69, 9.17) is 4.74 Å². The predicted octanol–water partition coefficient (Wildman–Crippen LogP) is 1.12. The van der Waals surface area contributed by atoms with Gasteiger partial charge in [0, 0.05) is 13.1 Å². The summed E-state index contributed by atoms with van der Waals surface area (Å²) in [5.74, 6) is -2.17. The van der Waals surface area contributed by atoms with E-state index in [1.807, 2.05) is 5.38 Å². The number of hydrogen-bond acceptors (Lipinski definition) is 5. The number of benzene rings is 1. The second-order valence-corrected chi connectivity index (χ2v) is 6.77. The molecule has 7 nitrogen and oxygen atoms in total. The van der Waals surface area contributed by atoms with E-state index in [9.17, 15) is 18.8 Å². The molecule has 2 N–H and O–H groups in total. The van der Waals surface area contributed by atoms with Gasteiger partial charge in [0.15, 0.2) is 0 Å². The largest absolute Gasteiger partial charge is 0.355 e. The molecular weight excluding hydrogens is 373 g/mol. The van der Waals surface area contributed by atoms with Crippen LogP contribution in [-0.2, 0) is 20.9 Å². The Bertz CT molecular complexity index is 811. The average molecular weight is 391 g/mol. The molecule has 1 aliphatic rings. The van der Waals surface area contributed by atoms with Crippen LogP contribution < -0.4 is 10.6 Å². The van der Waals surface area contributed by atoms with E-state index in [-0.39, 0.29) is 24.8 Å². The zero-order chi connectivity index (χ0) is 19.2. The molecule has 1 atom stereocenters. The monoisotopic (exact) mass is 391 g/mol. The lowest BCUT2D eigenvalue weighted by atomic mass is 10.2. The number of ether oxygens (including phenoxy) is 1. The van der Waals surface area contributed by atoms with E-state index >= 15 is 0 Å². The zero-order valence-corrected chi connectivity index (χ0v) is 15.1. The van der Waals surface area contributed by atoms with Gasteiger partial charge < -0.3 is 20.3 Å². The van der Waals surface area contributed by atoms with Crippen molar-refractivity contribution in [1.29, 1.82) is 0 Å². The normalized spacial score (nSPS) is 16.2.